The number of hydrogen-bond donors (Lipinski definition) is 0. The quantitative estimate of drug-likeness (QED) is 0.183. The maximum absolute atomic E-state index is 6.63. The number of allylic oxidation sites excluding steroid dienone is 2. The van der Waals surface area contributed by atoms with Crippen LogP contribution in [-0.4, -0.2) is 6.04 Å². The highest BCUT2D eigenvalue weighted by molar-refractivity contribution is 6.19. The van der Waals surface area contributed by atoms with Crippen molar-refractivity contribution in [2.24, 2.45) is 0 Å². The van der Waals surface area contributed by atoms with Crippen LogP contribution in [0.5, 0.6) is 0 Å². The molecule has 7 aromatic carbocycles. The van der Waals surface area contributed by atoms with E-state index in [2.05, 4.69) is 168 Å². The molecule has 0 fully saturated rings. The summed E-state index contributed by atoms with van der Waals surface area (Å²) in [5.41, 5.74) is 14.3. The summed E-state index contributed by atoms with van der Waals surface area (Å²) in [6.45, 7) is 0. The summed E-state index contributed by atoms with van der Waals surface area (Å²) in [6, 6.07) is 57.9. The van der Waals surface area contributed by atoms with Crippen LogP contribution >= 0.6 is 0 Å². The Kier molecular flexibility index (Phi) is 6.34. The molecule has 1 atom stereocenters. The van der Waals surface area contributed by atoms with E-state index < -0.39 is 0 Å². The first-order valence-corrected chi connectivity index (χ1v) is 17.9. The van der Waals surface area contributed by atoms with Crippen molar-refractivity contribution >= 4 is 72.2 Å². The van der Waals surface area contributed by atoms with E-state index >= 15 is 0 Å². The predicted octanol–water partition coefficient (Wildman–Crippen LogP) is 13.2. The number of anilines is 4. The Morgan fingerprint density at radius 2 is 1.13 bits per heavy atom. The number of hydrogen-bond acceptors (Lipinski definition) is 4. The van der Waals surface area contributed by atoms with E-state index in [0.29, 0.717) is 0 Å². The molecule has 0 bridgehead atoms. The maximum Gasteiger partial charge on any atom is 0.138 e. The molecule has 246 valence electrons. The largest absolute Gasteiger partial charge is 0.456 e. The average molecular weight is 669 g/mol. The van der Waals surface area contributed by atoms with Crippen LogP contribution in [0.15, 0.2) is 190 Å². The molecule has 0 saturated heterocycles. The minimum atomic E-state index is 0.0544. The van der Waals surface area contributed by atoms with Crippen molar-refractivity contribution in [1.82, 2.24) is 0 Å². The van der Waals surface area contributed by atoms with Crippen LogP contribution in [0.1, 0.15) is 12.0 Å². The van der Waals surface area contributed by atoms with E-state index in [4.69, 9.17) is 8.83 Å². The zero-order valence-corrected chi connectivity index (χ0v) is 28.2. The summed E-state index contributed by atoms with van der Waals surface area (Å²) in [6.07, 6.45) is 5.48. The van der Waals surface area contributed by atoms with Crippen LogP contribution in [0.3, 0.4) is 0 Å². The lowest BCUT2D eigenvalue weighted by Gasteiger charge is -2.35. The predicted molar refractivity (Wildman–Crippen MR) is 215 cm³/mol. The van der Waals surface area contributed by atoms with Crippen molar-refractivity contribution in [2.75, 3.05) is 9.80 Å². The molecule has 3 heterocycles. The monoisotopic (exact) mass is 668 g/mol. The highest BCUT2D eigenvalue weighted by atomic mass is 16.3. The van der Waals surface area contributed by atoms with E-state index in [1.54, 1.807) is 0 Å². The van der Waals surface area contributed by atoms with Gasteiger partial charge in [-0.1, -0.05) is 109 Å². The lowest BCUT2D eigenvalue weighted by atomic mass is 9.86. The molecule has 0 amide bonds. The molecule has 1 aliphatic heterocycles. The van der Waals surface area contributed by atoms with Crippen molar-refractivity contribution in [3.05, 3.63) is 187 Å². The molecule has 1 aliphatic carbocycles. The van der Waals surface area contributed by atoms with Crippen molar-refractivity contribution in [3.8, 4) is 11.1 Å². The second-order valence-corrected chi connectivity index (χ2v) is 13.6. The van der Waals surface area contributed by atoms with Gasteiger partial charge in [-0.05, 0) is 65.7 Å². The summed E-state index contributed by atoms with van der Waals surface area (Å²) in [7, 11) is 0. The minimum absolute atomic E-state index is 0.0544. The van der Waals surface area contributed by atoms with E-state index in [-0.39, 0.29) is 6.04 Å². The van der Waals surface area contributed by atoms with Gasteiger partial charge in [0.2, 0.25) is 0 Å². The van der Waals surface area contributed by atoms with Crippen molar-refractivity contribution < 1.29 is 8.83 Å². The number of furan rings is 2. The molecule has 9 aromatic rings. The van der Waals surface area contributed by atoms with Crippen molar-refractivity contribution in [2.45, 2.75) is 12.5 Å². The molecule has 2 aliphatic rings. The van der Waals surface area contributed by atoms with Gasteiger partial charge in [0, 0.05) is 74.0 Å². The third kappa shape index (κ3) is 4.34. The van der Waals surface area contributed by atoms with E-state index in [0.717, 1.165) is 73.0 Å². The lowest BCUT2D eigenvalue weighted by molar-refractivity contribution is 0.668. The maximum atomic E-state index is 6.63. The fourth-order valence-electron chi connectivity index (χ4n) is 8.56. The number of benzene rings is 7. The summed E-state index contributed by atoms with van der Waals surface area (Å²) in [4.78, 5) is 4.92. The van der Waals surface area contributed by atoms with Gasteiger partial charge in [-0.3, -0.25) is 0 Å². The van der Waals surface area contributed by atoms with Crippen LogP contribution in [0.2, 0.25) is 0 Å². The first kappa shape index (κ1) is 29.0. The molecule has 11 rings (SSSR count). The summed E-state index contributed by atoms with van der Waals surface area (Å²) < 4.78 is 13.0. The Morgan fingerprint density at radius 1 is 0.500 bits per heavy atom. The van der Waals surface area contributed by atoms with Gasteiger partial charge in [0.05, 0.1) is 11.7 Å². The Balaban J connectivity index is 1.15. The van der Waals surface area contributed by atoms with E-state index in [1.165, 1.54) is 28.0 Å². The zero-order chi connectivity index (χ0) is 34.2. The topological polar surface area (TPSA) is 32.8 Å². The van der Waals surface area contributed by atoms with Gasteiger partial charge in [0.1, 0.15) is 22.3 Å². The Labute approximate surface area is 300 Å². The molecule has 1 unspecified atom stereocenters. The standard InChI is InChI=1S/C48H32N2O2/c1-4-14-31(15-5-1)46-47-38-27-25-34(49(32-16-6-2-7-17-32)35-24-26-37-36-20-10-12-22-42(36)51-44(37)29-35)28-40(38)50(33-18-8-3-9-19-33)41(47)30-45-48(46)39-21-11-13-23-43(39)52-45/h1-27,29-30,40H,28H2. The first-order valence-electron chi connectivity index (χ1n) is 17.9. The molecular formula is C48H32N2O2. The zero-order valence-electron chi connectivity index (χ0n) is 28.2. The smallest absolute Gasteiger partial charge is 0.138 e. The van der Waals surface area contributed by atoms with Gasteiger partial charge in [-0.25, -0.2) is 0 Å². The summed E-state index contributed by atoms with van der Waals surface area (Å²) in [5.74, 6) is 0. The second-order valence-electron chi connectivity index (χ2n) is 13.6. The molecular weight excluding hydrogens is 637 g/mol. The Bertz CT molecular complexity index is 2880. The average Bonchev–Trinajstić information content (AvgIpc) is 3.87. The molecule has 0 saturated carbocycles. The Hall–Kier alpha value is -6.78. The molecule has 52 heavy (non-hydrogen) atoms. The molecule has 0 radical (unpaired) electrons. The normalized spacial score (nSPS) is 15.2. The molecule has 4 heteroatoms. The van der Waals surface area contributed by atoms with Gasteiger partial charge in [-0.2, -0.15) is 0 Å². The van der Waals surface area contributed by atoms with Crippen molar-refractivity contribution in [1.29, 1.82) is 0 Å². The third-order valence-electron chi connectivity index (χ3n) is 10.7. The van der Waals surface area contributed by atoms with Crippen LogP contribution in [0, 0.1) is 0 Å². The second kappa shape index (κ2) is 11.4. The Morgan fingerprint density at radius 3 is 1.92 bits per heavy atom. The minimum Gasteiger partial charge on any atom is -0.456 e. The highest BCUT2D eigenvalue weighted by Gasteiger charge is 2.41. The number of nitrogens with zero attached hydrogens (tertiary/aromatic N) is 2. The van der Waals surface area contributed by atoms with E-state index in [1.807, 2.05) is 18.2 Å². The molecule has 0 N–H and O–H groups in total. The van der Waals surface area contributed by atoms with Gasteiger partial charge in [0.25, 0.3) is 0 Å². The lowest BCUT2D eigenvalue weighted by Crippen LogP contribution is -2.31. The van der Waals surface area contributed by atoms with Crippen molar-refractivity contribution in [3.63, 3.8) is 0 Å². The fourth-order valence-corrected chi connectivity index (χ4v) is 8.56. The molecule has 0 spiro atoms. The number of fused-ring (bicyclic) bond motifs is 9. The van der Waals surface area contributed by atoms with Crippen LogP contribution in [-0.2, 0) is 0 Å². The molecule has 2 aromatic heterocycles. The van der Waals surface area contributed by atoms with Gasteiger partial charge < -0.3 is 18.6 Å². The van der Waals surface area contributed by atoms with E-state index in [9.17, 15) is 0 Å². The SMILES string of the molecule is C1=C2c3c(cc4oc5ccccc5c4c3-c3ccccc3)N(c3ccccc3)C2CC(N(c2ccccc2)c2ccc3c(c2)oc2ccccc23)=C1. The fraction of sp³-hybridized carbons (Fsp3) is 0.0417. The van der Waals surface area contributed by atoms with Gasteiger partial charge >= 0.3 is 0 Å². The van der Waals surface area contributed by atoms with Crippen LogP contribution < -0.4 is 9.80 Å². The third-order valence-corrected chi connectivity index (χ3v) is 10.7. The number of para-hydroxylation sites is 4. The van der Waals surface area contributed by atoms with Crippen LogP contribution in [0.25, 0.3) is 60.6 Å². The van der Waals surface area contributed by atoms with Gasteiger partial charge in [0.15, 0.2) is 0 Å². The summed E-state index contributed by atoms with van der Waals surface area (Å²) in [5, 5.41) is 4.56. The first-order chi connectivity index (χ1) is 25.8. The highest BCUT2D eigenvalue weighted by Crippen LogP contribution is 2.56. The summed E-state index contributed by atoms with van der Waals surface area (Å²) >= 11 is 0. The van der Waals surface area contributed by atoms with Gasteiger partial charge in [-0.15, -0.1) is 0 Å². The number of rotatable bonds is 5. The molecule has 4 nitrogen and oxygen atoms in total. The van der Waals surface area contributed by atoms with Crippen LogP contribution in [0.4, 0.5) is 22.7 Å².